The van der Waals surface area contributed by atoms with Crippen molar-refractivity contribution < 1.29 is 8.42 Å². The zero-order valence-corrected chi connectivity index (χ0v) is 7.47. The summed E-state index contributed by atoms with van der Waals surface area (Å²) in [5.74, 6) is 0. The van der Waals surface area contributed by atoms with Gasteiger partial charge in [-0.2, -0.15) is 0 Å². The van der Waals surface area contributed by atoms with Crippen LogP contribution < -0.4 is 5.14 Å². The van der Waals surface area contributed by atoms with Crippen LogP contribution in [0.5, 0.6) is 0 Å². The Hall–Kier alpha value is -0.130. The van der Waals surface area contributed by atoms with E-state index in [-0.39, 0.29) is 5.25 Å². The van der Waals surface area contributed by atoms with E-state index in [1.807, 2.05) is 11.9 Å². The molecule has 66 valence electrons. The maximum absolute atomic E-state index is 10.9. The zero-order valence-electron chi connectivity index (χ0n) is 6.66. The molecule has 1 saturated heterocycles. The van der Waals surface area contributed by atoms with Gasteiger partial charge in [0.25, 0.3) is 0 Å². The molecule has 1 fully saturated rings. The van der Waals surface area contributed by atoms with Crippen LogP contribution in [0.3, 0.4) is 0 Å². The molecule has 0 amide bonds. The smallest absolute Gasteiger partial charge is 0.213 e. The second-order valence-corrected chi connectivity index (χ2v) is 4.96. The lowest BCUT2D eigenvalue weighted by Gasteiger charge is -2.27. The van der Waals surface area contributed by atoms with Crippen LogP contribution in [0, 0.1) is 0 Å². The molecule has 4 nitrogen and oxygen atoms in total. The minimum Gasteiger partial charge on any atom is -0.305 e. The molecular formula is C6H14N2O2S. The molecule has 0 unspecified atom stereocenters. The Kier molecular flexibility index (Phi) is 2.51. The van der Waals surface area contributed by atoms with Crippen molar-refractivity contribution in [1.29, 1.82) is 0 Å². The molecule has 0 bridgehead atoms. The second kappa shape index (κ2) is 3.08. The van der Waals surface area contributed by atoms with Gasteiger partial charge in [0.1, 0.15) is 0 Å². The fourth-order valence-electron chi connectivity index (χ4n) is 1.39. The summed E-state index contributed by atoms with van der Waals surface area (Å²) in [5.41, 5.74) is 0. The molecule has 0 aliphatic carbocycles. The van der Waals surface area contributed by atoms with Crippen LogP contribution in [0.25, 0.3) is 0 Å². The molecule has 0 saturated carbocycles. The molecular weight excluding hydrogens is 164 g/mol. The summed E-state index contributed by atoms with van der Waals surface area (Å²) in [5, 5.41) is 4.67. The summed E-state index contributed by atoms with van der Waals surface area (Å²) in [4.78, 5) is 2.00. The molecule has 11 heavy (non-hydrogen) atoms. The number of rotatable bonds is 1. The van der Waals surface area contributed by atoms with Crippen molar-refractivity contribution in [2.75, 3.05) is 20.1 Å². The largest absolute Gasteiger partial charge is 0.305 e. The molecule has 0 aromatic rings. The molecule has 0 aromatic heterocycles. The standard InChI is InChI=1S/C6H14N2O2S/c1-8-4-2-3-6(5-8)11(7,9)10/h6H,2-5H2,1H3,(H2,7,9,10)/t6-/m1/s1. The summed E-state index contributed by atoms with van der Waals surface area (Å²) in [6.45, 7) is 1.56. The summed E-state index contributed by atoms with van der Waals surface area (Å²) < 4.78 is 21.8. The molecule has 1 rings (SSSR count). The maximum atomic E-state index is 10.9. The Balaban J connectivity index is 2.60. The monoisotopic (exact) mass is 178 g/mol. The van der Waals surface area contributed by atoms with E-state index in [1.54, 1.807) is 0 Å². The highest BCUT2D eigenvalue weighted by Gasteiger charge is 2.25. The fraction of sp³-hybridized carbons (Fsp3) is 1.00. The summed E-state index contributed by atoms with van der Waals surface area (Å²) in [6.07, 6.45) is 1.64. The Morgan fingerprint density at radius 1 is 1.55 bits per heavy atom. The number of primary sulfonamides is 1. The predicted octanol–water partition coefficient (Wildman–Crippen LogP) is -0.631. The molecule has 5 heteroatoms. The van der Waals surface area contributed by atoms with Gasteiger partial charge in [-0.25, -0.2) is 13.6 Å². The van der Waals surface area contributed by atoms with Crippen molar-refractivity contribution in [3.8, 4) is 0 Å². The van der Waals surface area contributed by atoms with Gasteiger partial charge in [-0.15, -0.1) is 0 Å². The highest BCUT2D eigenvalue weighted by atomic mass is 32.2. The first-order valence-electron chi connectivity index (χ1n) is 3.70. The first-order chi connectivity index (χ1) is 5.00. The van der Waals surface area contributed by atoms with Crippen molar-refractivity contribution in [2.24, 2.45) is 5.14 Å². The first-order valence-corrected chi connectivity index (χ1v) is 5.31. The van der Waals surface area contributed by atoms with Crippen LogP contribution in [0.2, 0.25) is 0 Å². The van der Waals surface area contributed by atoms with Crippen LogP contribution in [-0.2, 0) is 10.0 Å². The average molecular weight is 178 g/mol. The van der Waals surface area contributed by atoms with Crippen molar-refractivity contribution in [2.45, 2.75) is 18.1 Å². The number of sulfonamides is 1. The van der Waals surface area contributed by atoms with E-state index >= 15 is 0 Å². The van der Waals surface area contributed by atoms with Gasteiger partial charge in [0, 0.05) is 6.54 Å². The third-order valence-electron chi connectivity index (χ3n) is 2.05. The average Bonchev–Trinajstić information content (AvgIpc) is 1.86. The van der Waals surface area contributed by atoms with Gasteiger partial charge in [-0.1, -0.05) is 0 Å². The minimum absolute atomic E-state index is 0.346. The zero-order chi connectivity index (χ0) is 8.48. The Morgan fingerprint density at radius 2 is 2.18 bits per heavy atom. The van der Waals surface area contributed by atoms with Gasteiger partial charge in [-0.05, 0) is 26.4 Å². The van der Waals surface area contributed by atoms with Gasteiger partial charge >= 0.3 is 0 Å². The van der Waals surface area contributed by atoms with E-state index < -0.39 is 10.0 Å². The highest BCUT2D eigenvalue weighted by molar-refractivity contribution is 7.89. The molecule has 0 radical (unpaired) electrons. The van der Waals surface area contributed by atoms with E-state index in [0.717, 1.165) is 13.0 Å². The molecule has 1 heterocycles. The van der Waals surface area contributed by atoms with Gasteiger partial charge in [0.15, 0.2) is 0 Å². The van der Waals surface area contributed by atoms with Crippen LogP contribution in [0.4, 0.5) is 0 Å². The summed E-state index contributed by atoms with van der Waals surface area (Å²) in [7, 11) is -1.39. The number of nitrogens with zero attached hydrogens (tertiary/aromatic N) is 1. The molecule has 2 N–H and O–H groups in total. The molecule has 1 atom stereocenters. The molecule has 1 aliphatic heterocycles. The van der Waals surface area contributed by atoms with E-state index in [4.69, 9.17) is 5.14 Å². The number of piperidine rings is 1. The topological polar surface area (TPSA) is 63.4 Å². The first kappa shape index (κ1) is 8.96. The van der Waals surface area contributed by atoms with Gasteiger partial charge < -0.3 is 4.90 Å². The van der Waals surface area contributed by atoms with Crippen molar-refractivity contribution in [3.05, 3.63) is 0 Å². The van der Waals surface area contributed by atoms with Crippen molar-refractivity contribution >= 4 is 10.0 Å². The summed E-state index contributed by atoms with van der Waals surface area (Å²) in [6, 6.07) is 0. The maximum Gasteiger partial charge on any atom is 0.213 e. The van der Waals surface area contributed by atoms with Crippen LogP contribution >= 0.6 is 0 Å². The molecule has 0 spiro atoms. The normalized spacial score (nSPS) is 28.7. The quantitative estimate of drug-likeness (QED) is 0.581. The highest BCUT2D eigenvalue weighted by Crippen LogP contribution is 2.12. The SMILES string of the molecule is CN1CCC[C@@H](S(N)(=O)=O)C1. The Labute approximate surface area is 67.4 Å². The van der Waals surface area contributed by atoms with Crippen LogP contribution in [0.15, 0.2) is 0 Å². The lowest BCUT2D eigenvalue weighted by molar-refractivity contribution is 0.278. The lowest BCUT2D eigenvalue weighted by Crippen LogP contribution is -2.42. The summed E-state index contributed by atoms with van der Waals surface area (Å²) >= 11 is 0. The lowest BCUT2D eigenvalue weighted by atomic mass is 10.1. The number of likely N-dealkylation sites (tertiary alicyclic amines) is 1. The molecule has 1 aliphatic rings. The van der Waals surface area contributed by atoms with Gasteiger partial charge in [0.2, 0.25) is 10.0 Å². The Bertz CT molecular complexity index is 225. The van der Waals surface area contributed by atoms with Crippen LogP contribution in [0.1, 0.15) is 12.8 Å². The van der Waals surface area contributed by atoms with Crippen molar-refractivity contribution in [1.82, 2.24) is 4.90 Å². The van der Waals surface area contributed by atoms with E-state index in [9.17, 15) is 8.42 Å². The third-order valence-corrected chi connectivity index (χ3v) is 3.36. The third kappa shape index (κ3) is 2.43. The van der Waals surface area contributed by atoms with Gasteiger partial charge in [-0.3, -0.25) is 0 Å². The van der Waals surface area contributed by atoms with Gasteiger partial charge in [0.05, 0.1) is 5.25 Å². The van der Waals surface area contributed by atoms with Crippen molar-refractivity contribution in [3.63, 3.8) is 0 Å². The Morgan fingerprint density at radius 3 is 2.55 bits per heavy atom. The second-order valence-electron chi connectivity index (χ2n) is 3.12. The molecule has 0 aromatic carbocycles. The number of hydrogen-bond donors (Lipinski definition) is 1. The van der Waals surface area contributed by atoms with E-state index in [2.05, 4.69) is 0 Å². The van der Waals surface area contributed by atoms with E-state index in [0.29, 0.717) is 13.0 Å². The van der Waals surface area contributed by atoms with E-state index in [1.165, 1.54) is 0 Å². The predicted molar refractivity (Wildman–Crippen MR) is 43.6 cm³/mol. The fourth-order valence-corrected chi connectivity index (χ4v) is 2.34. The minimum atomic E-state index is -3.30. The number of hydrogen-bond acceptors (Lipinski definition) is 3. The number of nitrogens with two attached hydrogens (primary N) is 1. The van der Waals surface area contributed by atoms with Crippen LogP contribution in [-0.4, -0.2) is 38.7 Å².